The Labute approximate surface area is 260 Å². The van der Waals surface area contributed by atoms with Crippen molar-refractivity contribution in [3.05, 3.63) is 65.1 Å². The van der Waals surface area contributed by atoms with Crippen LogP contribution >= 0.6 is 11.6 Å². The Morgan fingerprint density at radius 1 is 0.977 bits per heavy atom. The highest BCUT2D eigenvalue weighted by molar-refractivity contribution is 6.31. The number of carbonyl (C=O) groups excluding carboxylic acids is 3. The zero-order valence-corrected chi connectivity index (χ0v) is 26.5. The van der Waals surface area contributed by atoms with Crippen LogP contribution in [0.1, 0.15) is 52.8 Å². The summed E-state index contributed by atoms with van der Waals surface area (Å²) < 4.78 is 13.0. The van der Waals surface area contributed by atoms with Crippen LogP contribution in [0.25, 0.3) is 21.8 Å². The minimum absolute atomic E-state index is 0.0264. The van der Waals surface area contributed by atoms with Gasteiger partial charge in [-0.15, -0.1) is 0 Å². The third kappa shape index (κ3) is 6.95. The lowest BCUT2D eigenvalue weighted by Crippen LogP contribution is -2.59. The average Bonchev–Trinajstić information content (AvgIpc) is 3.25. The van der Waals surface area contributed by atoms with Gasteiger partial charge in [0.25, 0.3) is 0 Å². The Balaban J connectivity index is 1.46. The molecule has 3 heterocycles. The molecule has 2 aromatic heterocycles. The number of aromatic nitrogens is 3. The van der Waals surface area contributed by atoms with E-state index in [1.165, 1.54) is 10.9 Å². The molecule has 0 spiro atoms. The van der Waals surface area contributed by atoms with Crippen molar-refractivity contribution in [1.82, 2.24) is 24.3 Å². The second kappa shape index (κ2) is 11.7. The number of nitrogen functional groups attached to an aromatic ring is 1. The van der Waals surface area contributed by atoms with Gasteiger partial charge in [-0.3, -0.25) is 9.69 Å². The number of hydrogen-bond donors (Lipinski definition) is 1. The molecule has 1 aliphatic rings. The molecule has 2 aromatic carbocycles. The molecule has 1 atom stereocenters. The number of ether oxygens (including phenoxy) is 2. The van der Waals surface area contributed by atoms with Crippen LogP contribution in [-0.2, 0) is 32.2 Å². The van der Waals surface area contributed by atoms with E-state index in [1.807, 2.05) is 29.2 Å². The fraction of sp³-hybridized carbons (Fsp3) is 0.406. The van der Waals surface area contributed by atoms with Crippen LogP contribution in [-0.4, -0.2) is 72.6 Å². The molecule has 232 valence electrons. The molecule has 1 amide bonds. The van der Waals surface area contributed by atoms with Gasteiger partial charge >= 0.3 is 12.1 Å². The van der Waals surface area contributed by atoms with Crippen LogP contribution in [0.4, 0.5) is 10.6 Å². The van der Waals surface area contributed by atoms with Crippen LogP contribution in [0, 0.1) is 0 Å². The fourth-order valence-corrected chi connectivity index (χ4v) is 5.47. The minimum Gasteiger partial charge on any atom is -0.458 e. The first-order valence-electron chi connectivity index (χ1n) is 14.3. The van der Waals surface area contributed by atoms with E-state index in [1.54, 1.807) is 64.6 Å². The largest absolute Gasteiger partial charge is 0.458 e. The van der Waals surface area contributed by atoms with E-state index in [0.29, 0.717) is 33.0 Å². The third-order valence-electron chi connectivity index (χ3n) is 7.05. The maximum absolute atomic E-state index is 13.7. The van der Waals surface area contributed by atoms with E-state index in [-0.39, 0.29) is 32.1 Å². The van der Waals surface area contributed by atoms with Crippen molar-refractivity contribution in [2.75, 3.05) is 18.8 Å². The van der Waals surface area contributed by atoms with Gasteiger partial charge in [0, 0.05) is 41.1 Å². The first kappa shape index (κ1) is 31.2. The predicted molar refractivity (Wildman–Crippen MR) is 168 cm³/mol. The molecule has 1 aliphatic heterocycles. The maximum atomic E-state index is 13.7. The molecule has 5 rings (SSSR count). The van der Waals surface area contributed by atoms with E-state index < -0.39 is 29.3 Å². The Kier molecular flexibility index (Phi) is 8.30. The van der Waals surface area contributed by atoms with E-state index in [2.05, 4.69) is 9.97 Å². The summed E-state index contributed by atoms with van der Waals surface area (Å²) in [5.74, 6) is -0.399. The molecule has 12 heteroatoms. The van der Waals surface area contributed by atoms with Gasteiger partial charge in [-0.2, -0.15) is 0 Å². The molecule has 0 unspecified atom stereocenters. The first-order chi connectivity index (χ1) is 20.6. The fourth-order valence-electron chi connectivity index (χ4n) is 5.28. The lowest BCUT2D eigenvalue weighted by Gasteiger charge is -2.40. The van der Waals surface area contributed by atoms with Gasteiger partial charge < -0.3 is 20.1 Å². The number of rotatable bonds is 5. The normalized spacial score (nSPS) is 16.5. The number of fused-ring (bicyclic) bond motifs is 2. The van der Waals surface area contributed by atoms with E-state index in [4.69, 9.17) is 26.8 Å². The smallest absolute Gasteiger partial charge is 0.419 e. The highest BCUT2D eigenvalue weighted by atomic mass is 35.5. The number of halogens is 1. The SMILES string of the molecule is CC(C)(C)OC(=O)[C@@H]1CN(Cc2cc3cc(Cl)ccc3n2C(=O)OC(C)(C)C)CC(=O)N1Cc1ccc2c(N)ncnc2c1. The minimum atomic E-state index is -0.893. The molecule has 0 radical (unpaired) electrons. The molecule has 11 nitrogen and oxygen atoms in total. The molecule has 2 N–H and O–H groups in total. The number of nitrogens with zero attached hydrogens (tertiary/aromatic N) is 5. The molecular weight excluding hydrogens is 584 g/mol. The standard InChI is InChI=1S/C32H37ClN6O5/c1-31(2,3)43-29(41)26-16-37(17-27(40)38(26)14-19-7-9-23-24(11-19)35-18-36-28(23)34)15-22-13-20-12-21(33)8-10-25(20)39(22)30(42)44-32(4,5)6/h7-13,18,26H,14-17H2,1-6H3,(H2,34,35,36)/t26-/m0/s1. The summed E-state index contributed by atoms with van der Waals surface area (Å²) >= 11 is 6.26. The van der Waals surface area contributed by atoms with Gasteiger partial charge in [0.15, 0.2) is 0 Å². The van der Waals surface area contributed by atoms with Crippen LogP contribution in [0.15, 0.2) is 48.8 Å². The molecule has 1 saturated heterocycles. The lowest BCUT2D eigenvalue weighted by atomic mass is 10.1. The van der Waals surface area contributed by atoms with Crippen molar-refractivity contribution in [3.8, 4) is 0 Å². The predicted octanol–water partition coefficient (Wildman–Crippen LogP) is 5.16. The summed E-state index contributed by atoms with van der Waals surface area (Å²) in [6, 6.07) is 11.7. The summed E-state index contributed by atoms with van der Waals surface area (Å²) in [6.07, 6.45) is 0.846. The van der Waals surface area contributed by atoms with Crippen molar-refractivity contribution >= 4 is 57.2 Å². The maximum Gasteiger partial charge on any atom is 0.419 e. The van der Waals surface area contributed by atoms with Gasteiger partial charge in [-0.05, 0) is 83.5 Å². The van der Waals surface area contributed by atoms with Crippen molar-refractivity contribution in [2.24, 2.45) is 0 Å². The summed E-state index contributed by atoms with van der Waals surface area (Å²) in [7, 11) is 0. The lowest BCUT2D eigenvalue weighted by molar-refractivity contribution is -0.169. The monoisotopic (exact) mass is 620 g/mol. The van der Waals surface area contributed by atoms with Crippen molar-refractivity contribution in [2.45, 2.75) is 71.9 Å². The molecule has 1 fully saturated rings. The molecular formula is C32H37ClN6O5. The Morgan fingerprint density at radius 2 is 1.70 bits per heavy atom. The summed E-state index contributed by atoms with van der Waals surface area (Å²) in [5.41, 5.74) is 7.17. The number of anilines is 1. The average molecular weight is 621 g/mol. The number of amides is 1. The van der Waals surface area contributed by atoms with E-state index in [9.17, 15) is 14.4 Å². The topological polar surface area (TPSA) is 133 Å². The van der Waals surface area contributed by atoms with Gasteiger partial charge in [-0.1, -0.05) is 17.7 Å². The number of esters is 1. The van der Waals surface area contributed by atoms with E-state index in [0.717, 1.165) is 10.9 Å². The van der Waals surface area contributed by atoms with E-state index >= 15 is 0 Å². The molecule has 0 bridgehead atoms. The van der Waals surface area contributed by atoms with Gasteiger partial charge in [0.2, 0.25) is 5.91 Å². The summed E-state index contributed by atoms with van der Waals surface area (Å²) in [6.45, 7) is 11.4. The van der Waals surface area contributed by atoms with Gasteiger partial charge in [0.1, 0.15) is 29.4 Å². The van der Waals surface area contributed by atoms with Crippen LogP contribution < -0.4 is 5.73 Å². The Bertz CT molecular complexity index is 1760. The second-order valence-electron chi connectivity index (χ2n) is 13.0. The number of piperazine rings is 1. The zero-order valence-electron chi connectivity index (χ0n) is 25.8. The quantitative estimate of drug-likeness (QED) is 0.300. The summed E-state index contributed by atoms with van der Waals surface area (Å²) in [5, 5.41) is 1.99. The van der Waals surface area contributed by atoms with Crippen molar-refractivity contribution < 1.29 is 23.9 Å². The third-order valence-corrected chi connectivity index (χ3v) is 7.29. The summed E-state index contributed by atoms with van der Waals surface area (Å²) in [4.78, 5) is 52.4. The molecule has 44 heavy (non-hydrogen) atoms. The number of hydrogen-bond acceptors (Lipinski definition) is 9. The number of benzene rings is 2. The van der Waals surface area contributed by atoms with Crippen LogP contribution in [0.3, 0.4) is 0 Å². The first-order valence-corrected chi connectivity index (χ1v) is 14.7. The molecule has 0 saturated carbocycles. The zero-order chi connectivity index (χ0) is 32.0. The second-order valence-corrected chi connectivity index (χ2v) is 13.4. The molecule has 4 aromatic rings. The van der Waals surface area contributed by atoms with Crippen molar-refractivity contribution in [3.63, 3.8) is 0 Å². The highest BCUT2D eigenvalue weighted by Gasteiger charge is 2.40. The van der Waals surface area contributed by atoms with Crippen molar-refractivity contribution in [1.29, 1.82) is 0 Å². The van der Waals surface area contributed by atoms with Gasteiger partial charge in [0.05, 0.1) is 17.6 Å². The number of carbonyl (C=O) groups is 3. The van der Waals surface area contributed by atoms with Crippen LogP contribution in [0.2, 0.25) is 5.02 Å². The Hall–Kier alpha value is -4.22. The van der Waals surface area contributed by atoms with Gasteiger partial charge in [-0.25, -0.2) is 24.1 Å². The molecule has 0 aliphatic carbocycles. The highest BCUT2D eigenvalue weighted by Crippen LogP contribution is 2.28. The number of nitrogens with two attached hydrogens (primary N) is 1. The Morgan fingerprint density at radius 3 is 2.41 bits per heavy atom. The van der Waals surface area contributed by atoms with Crippen LogP contribution in [0.5, 0.6) is 0 Å².